The van der Waals surface area contributed by atoms with E-state index in [0.29, 0.717) is 25.7 Å². The molecule has 1 saturated carbocycles. The summed E-state index contributed by atoms with van der Waals surface area (Å²) in [6.45, 7) is 0. The second-order valence-corrected chi connectivity index (χ2v) is 6.43. The van der Waals surface area contributed by atoms with Crippen molar-refractivity contribution in [1.82, 2.24) is 4.72 Å². The molecule has 0 amide bonds. The van der Waals surface area contributed by atoms with E-state index < -0.39 is 26.6 Å². The lowest BCUT2D eigenvalue weighted by Gasteiger charge is -2.26. The number of rotatable bonds is 3. The zero-order valence-corrected chi connectivity index (χ0v) is 12.3. The molecule has 20 heavy (non-hydrogen) atoms. The Morgan fingerprint density at radius 1 is 1.10 bits per heavy atom. The molecule has 3 N–H and O–H groups in total. The molecule has 1 aliphatic rings. The fourth-order valence-corrected chi connectivity index (χ4v) is 3.70. The van der Waals surface area contributed by atoms with Crippen molar-refractivity contribution in [2.45, 2.75) is 42.7 Å². The first-order valence-corrected chi connectivity index (χ1v) is 7.60. The Balaban J connectivity index is 0.00000200. The van der Waals surface area contributed by atoms with Crippen LogP contribution in [-0.2, 0) is 10.0 Å². The van der Waals surface area contributed by atoms with Gasteiger partial charge in [-0.05, 0) is 37.8 Å². The van der Waals surface area contributed by atoms with Gasteiger partial charge in [-0.25, -0.2) is 21.9 Å². The van der Waals surface area contributed by atoms with Crippen molar-refractivity contribution in [3.8, 4) is 0 Å². The number of hydrogen-bond donors (Lipinski definition) is 2. The highest BCUT2D eigenvalue weighted by Gasteiger charge is 2.28. The average molecular weight is 327 g/mol. The predicted octanol–water partition coefficient (Wildman–Crippen LogP) is 1.93. The van der Waals surface area contributed by atoms with Gasteiger partial charge in [-0.15, -0.1) is 12.4 Å². The Bertz CT molecular complexity index is 540. The van der Waals surface area contributed by atoms with Crippen molar-refractivity contribution in [1.29, 1.82) is 0 Å². The minimum Gasteiger partial charge on any atom is -0.328 e. The maximum atomic E-state index is 13.5. The SMILES string of the molecule is Cl.NC1CCC(NS(=O)(=O)c2c(F)cccc2F)CC1. The van der Waals surface area contributed by atoms with E-state index in [4.69, 9.17) is 5.73 Å². The monoisotopic (exact) mass is 326 g/mol. The molecular formula is C12H17ClF2N2O2S. The molecule has 114 valence electrons. The lowest BCUT2D eigenvalue weighted by Crippen LogP contribution is -2.40. The highest BCUT2D eigenvalue weighted by Crippen LogP contribution is 2.22. The summed E-state index contributed by atoms with van der Waals surface area (Å²) in [5.41, 5.74) is 5.72. The third-order valence-corrected chi connectivity index (χ3v) is 4.85. The van der Waals surface area contributed by atoms with E-state index in [0.717, 1.165) is 18.2 Å². The normalized spacial score (nSPS) is 23.1. The summed E-state index contributed by atoms with van der Waals surface area (Å²) in [5, 5.41) is 0. The van der Waals surface area contributed by atoms with E-state index >= 15 is 0 Å². The summed E-state index contributed by atoms with van der Waals surface area (Å²) in [5.74, 6) is -2.17. The van der Waals surface area contributed by atoms with Gasteiger partial charge >= 0.3 is 0 Å². The van der Waals surface area contributed by atoms with Crippen LogP contribution in [0.25, 0.3) is 0 Å². The van der Waals surface area contributed by atoms with E-state index in [1.807, 2.05) is 0 Å². The van der Waals surface area contributed by atoms with Crippen molar-refractivity contribution in [2.24, 2.45) is 5.73 Å². The van der Waals surface area contributed by atoms with Crippen LogP contribution in [0.3, 0.4) is 0 Å². The largest absolute Gasteiger partial charge is 0.328 e. The van der Waals surface area contributed by atoms with Crippen LogP contribution in [0.15, 0.2) is 23.1 Å². The molecule has 0 aromatic heterocycles. The first-order chi connectivity index (χ1) is 8.90. The van der Waals surface area contributed by atoms with Crippen molar-refractivity contribution < 1.29 is 17.2 Å². The molecule has 1 aromatic carbocycles. The van der Waals surface area contributed by atoms with Crippen LogP contribution in [0.1, 0.15) is 25.7 Å². The number of hydrogen-bond acceptors (Lipinski definition) is 3. The molecule has 0 saturated heterocycles. The van der Waals surface area contributed by atoms with Gasteiger partial charge in [-0.1, -0.05) is 6.07 Å². The molecule has 1 fully saturated rings. The van der Waals surface area contributed by atoms with Gasteiger partial charge in [0.15, 0.2) is 4.90 Å². The zero-order chi connectivity index (χ0) is 14.0. The van der Waals surface area contributed by atoms with Crippen molar-refractivity contribution in [3.05, 3.63) is 29.8 Å². The molecular weight excluding hydrogens is 310 g/mol. The first kappa shape index (κ1) is 17.3. The summed E-state index contributed by atoms with van der Waals surface area (Å²) < 4.78 is 53.3. The van der Waals surface area contributed by atoms with Crippen molar-refractivity contribution in [3.63, 3.8) is 0 Å². The molecule has 0 aliphatic heterocycles. The highest BCUT2D eigenvalue weighted by atomic mass is 35.5. The van der Waals surface area contributed by atoms with Gasteiger partial charge in [0, 0.05) is 12.1 Å². The molecule has 0 radical (unpaired) electrons. The summed E-state index contributed by atoms with van der Waals surface area (Å²) in [4.78, 5) is -0.912. The Labute approximate surface area is 123 Å². The molecule has 0 unspecified atom stereocenters. The molecule has 8 heteroatoms. The first-order valence-electron chi connectivity index (χ1n) is 6.12. The molecule has 2 rings (SSSR count). The van der Waals surface area contributed by atoms with Crippen molar-refractivity contribution >= 4 is 22.4 Å². The van der Waals surface area contributed by atoms with Crippen LogP contribution in [-0.4, -0.2) is 20.5 Å². The Morgan fingerprint density at radius 3 is 2.10 bits per heavy atom. The summed E-state index contributed by atoms with van der Waals surface area (Å²) in [6, 6.07) is 2.74. The average Bonchev–Trinajstić information content (AvgIpc) is 2.31. The number of nitrogens with two attached hydrogens (primary N) is 1. The van der Waals surface area contributed by atoms with Crippen LogP contribution in [0.5, 0.6) is 0 Å². The third kappa shape index (κ3) is 3.88. The lowest BCUT2D eigenvalue weighted by atomic mass is 9.93. The Morgan fingerprint density at radius 2 is 1.60 bits per heavy atom. The van der Waals surface area contributed by atoms with E-state index in [1.54, 1.807) is 0 Å². The maximum Gasteiger partial charge on any atom is 0.246 e. The lowest BCUT2D eigenvalue weighted by molar-refractivity contribution is 0.372. The Kier molecular flexibility index (Phi) is 5.88. The molecule has 1 aromatic rings. The quantitative estimate of drug-likeness (QED) is 0.891. The summed E-state index contributed by atoms with van der Waals surface area (Å²) in [7, 11) is -4.18. The second kappa shape index (κ2) is 6.80. The van der Waals surface area contributed by atoms with Crippen LogP contribution in [0, 0.1) is 11.6 Å². The van der Waals surface area contributed by atoms with Gasteiger partial charge in [0.05, 0.1) is 0 Å². The maximum absolute atomic E-state index is 13.5. The zero-order valence-electron chi connectivity index (χ0n) is 10.7. The summed E-state index contributed by atoms with van der Waals surface area (Å²) >= 11 is 0. The molecule has 0 bridgehead atoms. The van der Waals surface area contributed by atoms with E-state index in [-0.39, 0.29) is 24.5 Å². The number of nitrogens with one attached hydrogen (secondary N) is 1. The highest BCUT2D eigenvalue weighted by molar-refractivity contribution is 7.89. The van der Waals surface area contributed by atoms with Crippen LogP contribution < -0.4 is 10.5 Å². The number of halogens is 3. The molecule has 0 heterocycles. The number of benzene rings is 1. The van der Waals surface area contributed by atoms with Gasteiger partial charge in [0.2, 0.25) is 10.0 Å². The fourth-order valence-electron chi connectivity index (χ4n) is 2.25. The van der Waals surface area contributed by atoms with E-state index in [2.05, 4.69) is 4.72 Å². The standard InChI is InChI=1S/C12H16F2N2O2S.ClH/c13-10-2-1-3-11(14)12(10)19(17,18)16-9-6-4-8(15)5-7-9;/h1-3,8-9,16H,4-7,15H2;1H. The minimum atomic E-state index is -4.18. The van der Waals surface area contributed by atoms with Gasteiger partial charge < -0.3 is 5.73 Å². The van der Waals surface area contributed by atoms with Gasteiger partial charge in [-0.2, -0.15) is 0 Å². The van der Waals surface area contributed by atoms with Gasteiger partial charge in [0.25, 0.3) is 0 Å². The fraction of sp³-hybridized carbons (Fsp3) is 0.500. The van der Waals surface area contributed by atoms with Gasteiger partial charge in [0.1, 0.15) is 11.6 Å². The minimum absolute atomic E-state index is 0. The molecule has 4 nitrogen and oxygen atoms in total. The van der Waals surface area contributed by atoms with E-state index in [1.165, 1.54) is 0 Å². The summed E-state index contributed by atoms with van der Waals surface area (Å²) in [6.07, 6.45) is 2.56. The smallest absolute Gasteiger partial charge is 0.246 e. The number of sulfonamides is 1. The Hall–Kier alpha value is -0.760. The second-order valence-electron chi connectivity index (χ2n) is 4.78. The molecule has 1 aliphatic carbocycles. The van der Waals surface area contributed by atoms with Crippen molar-refractivity contribution in [2.75, 3.05) is 0 Å². The van der Waals surface area contributed by atoms with Crippen LogP contribution >= 0.6 is 12.4 Å². The van der Waals surface area contributed by atoms with Crippen LogP contribution in [0.2, 0.25) is 0 Å². The molecule has 0 atom stereocenters. The third-order valence-electron chi connectivity index (χ3n) is 3.28. The van der Waals surface area contributed by atoms with Gasteiger partial charge in [-0.3, -0.25) is 0 Å². The predicted molar refractivity (Wildman–Crippen MR) is 74.2 cm³/mol. The van der Waals surface area contributed by atoms with Crippen LogP contribution in [0.4, 0.5) is 8.78 Å². The molecule has 0 spiro atoms. The van der Waals surface area contributed by atoms with E-state index in [9.17, 15) is 17.2 Å². The topological polar surface area (TPSA) is 72.2 Å².